The molecule has 2 heterocycles. The highest BCUT2D eigenvalue weighted by molar-refractivity contribution is 7.14. The zero-order chi connectivity index (χ0) is 20.5. The van der Waals surface area contributed by atoms with Crippen LogP contribution in [0.3, 0.4) is 0 Å². The topological polar surface area (TPSA) is 42.9 Å². The summed E-state index contributed by atoms with van der Waals surface area (Å²) in [5.41, 5.74) is 1.11. The molecule has 1 saturated heterocycles. The van der Waals surface area contributed by atoms with E-state index in [0.717, 1.165) is 63.6 Å². The van der Waals surface area contributed by atoms with E-state index in [1.54, 1.807) is 0 Å². The Hall–Kier alpha value is -2.12. The van der Waals surface area contributed by atoms with Crippen molar-refractivity contribution in [3.63, 3.8) is 0 Å². The lowest BCUT2D eigenvalue weighted by Crippen LogP contribution is -2.48. The summed E-state index contributed by atoms with van der Waals surface area (Å²) in [5, 5.41) is 10.5. The van der Waals surface area contributed by atoms with Crippen molar-refractivity contribution in [2.75, 3.05) is 44.7 Å². The maximum absolute atomic E-state index is 13.0. The summed E-state index contributed by atoms with van der Waals surface area (Å²) in [6.07, 6.45) is 2.24. The molecule has 0 radical (unpaired) electrons. The molecule has 0 saturated carbocycles. The first kappa shape index (κ1) is 21.6. The number of anilines is 1. The van der Waals surface area contributed by atoms with Gasteiger partial charge in [-0.3, -0.25) is 4.99 Å². The second kappa shape index (κ2) is 11.2. The minimum absolute atomic E-state index is 0.191. The van der Waals surface area contributed by atoms with Crippen molar-refractivity contribution in [3.05, 3.63) is 53.2 Å². The summed E-state index contributed by atoms with van der Waals surface area (Å²) in [6, 6.07) is 11.5. The van der Waals surface area contributed by atoms with Gasteiger partial charge in [0.2, 0.25) is 0 Å². The van der Waals surface area contributed by atoms with Gasteiger partial charge in [-0.2, -0.15) is 0 Å². The van der Waals surface area contributed by atoms with Crippen LogP contribution in [0.5, 0.6) is 0 Å². The van der Waals surface area contributed by atoms with Crippen LogP contribution in [0.15, 0.2) is 46.8 Å². The summed E-state index contributed by atoms with van der Waals surface area (Å²) >= 11 is 1.81. The fraction of sp³-hybridized carbons (Fsp3) is 0.500. The van der Waals surface area contributed by atoms with Gasteiger partial charge in [-0.1, -0.05) is 12.1 Å². The summed E-state index contributed by atoms with van der Waals surface area (Å²) < 4.78 is 13.0. The quantitative estimate of drug-likeness (QED) is 0.509. The van der Waals surface area contributed by atoms with Crippen molar-refractivity contribution in [1.29, 1.82) is 0 Å². The largest absolute Gasteiger partial charge is 0.363 e. The second-order valence-corrected chi connectivity index (χ2v) is 8.41. The zero-order valence-corrected chi connectivity index (χ0v) is 18.2. The number of hydrogen-bond donors (Lipinski definition) is 2. The second-order valence-electron chi connectivity index (χ2n) is 7.48. The molecule has 0 amide bonds. The highest BCUT2D eigenvalue weighted by atomic mass is 32.1. The number of hydrogen-bond acceptors (Lipinski definition) is 4. The van der Waals surface area contributed by atoms with Gasteiger partial charge in [-0.25, -0.2) is 4.39 Å². The molecular weight excluding hydrogens is 385 g/mol. The van der Waals surface area contributed by atoms with Gasteiger partial charge in [0.05, 0.1) is 11.5 Å². The van der Waals surface area contributed by atoms with E-state index in [4.69, 9.17) is 4.99 Å². The third-order valence-electron chi connectivity index (χ3n) is 5.12. The van der Waals surface area contributed by atoms with Crippen LogP contribution < -0.4 is 15.5 Å². The van der Waals surface area contributed by atoms with Crippen molar-refractivity contribution in [1.82, 2.24) is 15.5 Å². The highest BCUT2D eigenvalue weighted by Crippen LogP contribution is 2.24. The monoisotopic (exact) mass is 417 g/mol. The van der Waals surface area contributed by atoms with Gasteiger partial charge < -0.3 is 20.4 Å². The molecule has 1 aliphatic heterocycles. The average Bonchev–Trinajstić information content (AvgIpc) is 3.25. The van der Waals surface area contributed by atoms with Crippen LogP contribution in [-0.2, 0) is 6.54 Å². The number of thiophene rings is 1. The van der Waals surface area contributed by atoms with Gasteiger partial charge in [0.25, 0.3) is 0 Å². The molecule has 0 aliphatic carbocycles. The lowest BCUT2D eigenvalue weighted by atomic mass is 10.1. The molecule has 1 aliphatic rings. The molecule has 158 valence electrons. The molecular formula is C22H32FN5S. The third-order valence-corrected chi connectivity index (χ3v) is 6.04. The highest BCUT2D eigenvalue weighted by Gasteiger charge is 2.20. The molecule has 0 atom stereocenters. The first-order valence-corrected chi connectivity index (χ1v) is 11.3. The number of nitrogens with one attached hydrogen (secondary N) is 2. The maximum atomic E-state index is 13.0. The molecule has 2 N–H and O–H groups in total. The minimum Gasteiger partial charge on any atom is -0.363 e. The van der Waals surface area contributed by atoms with Crippen molar-refractivity contribution in [3.8, 4) is 0 Å². The Kier molecular flexibility index (Phi) is 8.31. The van der Waals surface area contributed by atoms with Gasteiger partial charge >= 0.3 is 0 Å². The van der Waals surface area contributed by atoms with Crippen LogP contribution in [0, 0.1) is 5.82 Å². The predicted molar refractivity (Wildman–Crippen MR) is 121 cm³/mol. The van der Waals surface area contributed by atoms with Crippen LogP contribution in [0.2, 0.25) is 0 Å². The van der Waals surface area contributed by atoms with E-state index in [1.807, 2.05) is 23.5 Å². The smallest absolute Gasteiger partial charge is 0.191 e. The Labute approximate surface area is 177 Å². The van der Waals surface area contributed by atoms with Crippen LogP contribution in [-0.4, -0.2) is 56.7 Å². The number of nitrogens with zero attached hydrogens (tertiary/aromatic N) is 3. The average molecular weight is 418 g/mol. The van der Waals surface area contributed by atoms with E-state index in [1.165, 1.54) is 17.1 Å². The molecule has 29 heavy (non-hydrogen) atoms. The van der Waals surface area contributed by atoms with Gasteiger partial charge in [-0.05, 0) is 62.0 Å². The standard InChI is InChI=1S/C22H32FN5S/c1-3-24-22(25-12-15-27(2)17-18-6-8-19(23)9-7-18)26-20-10-13-28(14-11-20)21-5-4-16-29-21/h4-9,16,20H,3,10-15,17H2,1-2H3,(H2,24,25,26). The number of aliphatic imine (C=N–C) groups is 1. The van der Waals surface area contributed by atoms with E-state index in [9.17, 15) is 4.39 Å². The van der Waals surface area contributed by atoms with Crippen LogP contribution in [0.25, 0.3) is 0 Å². The van der Waals surface area contributed by atoms with E-state index in [2.05, 4.69) is 51.9 Å². The van der Waals surface area contributed by atoms with Gasteiger partial charge in [0, 0.05) is 38.8 Å². The first-order valence-electron chi connectivity index (χ1n) is 10.4. The van der Waals surface area contributed by atoms with Gasteiger partial charge in [-0.15, -0.1) is 11.3 Å². The molecule has 3 rings (SSSR count). The summed E-state index contributed by atoms with van der Waals surface area (Å²) in [4.78, 5) is 9.43. The van der Waals surface area contributed by atoms with Crippen LogP contribution >= 0.6 is 11.3 Å². The van der Waals surface area contributed by atoms with E-state index >= 15 is 0 Å². The fourth-order valence-electron chi connectivity index (χ4n) is 3.52. The molecule has 1 fully saturated rings. The molecule has 2 aromatic rings. The Bertz CT molecular complexity index is 739. The number of benzene rings is 1. The summed E-state index contributed by atoms with van der Waals surface area (Å²) in [7, 11) is 2.07. The number of guanidine groups is 1. The lowest BCUT2D eigenvalue weighted by molar-refractivity contribution is 0.336. The summed E-state index contributed by atoms with van der Waals surface area (Å²) in [5.74, 6) is 0.709. The van der Waals surface area contributed by atoms with Crippen molar-refractivity contribution in [2.45, 2.75) is 32.4 Å². The van der Waals surface area contributed by atoms with Crippen molar-refractivity contribution in [2.24, 2.45) is 4.99 Å². The van der Waals surface area contributed by atoms with Crippen LogP contribution in [0.1, 0.15) is 25.3 Å². The maximum Gasteiger partial charge on any atom is 0.191 e. The molecule has 0 spiro atoms. The minimum atomic E-state index is -0.191. The van der Waals surface area contributed by atoms with Crippen molar-refractivity contribution < 1.29 is 4.39 Å². The Morgan fingerprint density at radius 2 is 2.00 bits per heavy atom. The molecule has 5 nitrogen and oxygen atoms in total. The Morgan fingerprint density at radius 3 is 2.66 bits per heavy atom. The number of piperidine rings is 1. The molecule has 1 aromatic heterocycles. The summed E-state index contributed by atoms with van der Waals surface area (Å²) in [6.45, 7) is 7.48. The Morgan fingerprint density at radius 1 is 1.24 bits per heavy atom. The zero-order valence-electron chi connectivity index (χ0n) is 17.4. The van der Waals surface area contributed by atoms with E-state index in [0.29, 0.717) is 6.04 Å². The predicted octanol–water partition coefficient (Wildman–Crippen LogP) is 3.54. The number of rotatable bonds is 8. The van der Waals surface area contributed by atoms with Crippen LogP contribution in [0.4, 0.5) is 9.39 Å². The molecule has 1 aromatic carbocycles. The number of likely N-dealkylation sites (N-methyl/N-ethyl adjacent to an activating group) is 1. The molecule has 0 unspecified atom stereocenters. The normalized spacial score (nSPS) is 15.7. The van der Waals surface area contributed by atoms with E-state index in [-0.39, 0.29) is 5.82 Å². The van der Waals surface area contributed by atoms with E-state index < -0.39 is 0 Å². The Balaban J connectivity index is 1.42. The fourth-order valence-corrected chi connectivity index (χ4v) is 4.31. The third kappa shape index (κ3) is 7.01. The van der Waals surface area contributed by atoms with Crippen molar-refractivity contribution >= 4 is 22.3 Å². The lowest BCUT2D eigenvalue weighted by Gasteiger charge is -2.33. The SMILES string of the molecule is CCNC(=NCCN(C)Cc1ccc(F)cc1)NC1CCN(c2cccs2)CC1. The number of halogens is 1. The van der Waals surface area contributed by atoms with Gasteiger partial charge in [0.1, 0.15) is 5.82 Å². The molecule has 0 bridgehead atoms. The molecule has 7 heteroatoms. The first-order chi connectivity index (χ1) is 14.1. The van der Waals surface area contributed by atoms with Gasteiger partial charge in [0.15, 0.2) is 5.96 Å².